The molecular weight excluding hydrogens is 166 g/mol. The summed E-state index contributed by atoms with van der Waals surface area (Å²) in [5, 5.41) is 9.13. The lowest BCUT2D eigenvalue weighted by Gasteiger charge is -2.08. The average molecular weight is 181 g/mol. The number of nitrogens with two attached hydrogens (primary N) is 1. The molecule has 72 valence electrons. The molecule has 0 spiro atoms. The van der Waals surface area contributed by atoms with Crippen LogP contribution in [0.5, 0.6) is 5.75 Å². The van der Waals surface area contributed by atoms with Crippen LogP contribution >= 0.6 is 0 Å². The van der Waals surface area contributed by atoms with Gasteiger partial charge in [0, 0.05) is 13.0 Å². The van der Waals surface area contributed by atoms with Crippen molar-refractivity contribution in [1.29, 1.82) is 0 Å². The number of hydrogen-bond donors (Lipinski definition) is 2. The molecule has 1 rings (SSSR count). The molecule has 0 heterocycles. The molecule has 0 fully saturated rings. The predicted molar refractivity (Wildman–Crippen MR) is 51.6 cm³/mol. The molecule has 0 saturated heterocycles. The van der Waals surface area contributed by atoms with Crippen LogP contribution in [-0.4, -0.2) is 24.4 Å². The molecule has 0 aliphatic rings. The zero-order valence-corrected chi connectivity index (χ0v) is 7.52. The quantitative estimate of drug-likeness (QED) is 0.705. The number of aliphatic hydroxyl groups excluding tert-OH is 1. The monoisotopic (exact) mass is 181 g/mol. The van der Waals surface area contributed by atoms with Gasteiger partial charge in [-0.2, -0.15) is 0 Å². The zero-order valence-electron chi connectivity index (χ0n) is 7.52. The van der Waals surface area contributed by atoms with Crippen molar-refractivity contribution in [1.82, 2.24) is 0 Å². The number of aliphatic hydroxyl groups is 1. The van der Waals surface area contributed by atoms with E-state index in [1.165, 1.54) is 0 Å². The molecule has 3 nitrogen and oxygen atoms in total. The Kier molecular flexibility index (Phi) is 4.29. The molecule has 13 heavy (non-hydrogen) atoms. The van der Waals surface area contributed by atoms with E-state index in [-0.39, 0.29) is 6.54 Å². The maximum atomic E-state index is 9.13. The van der Waals surface area contributed by atoms with Crippen LogP contribution in [-0.2, 0) is 0 Å². The van der Waals surface area contributed by atoms with Gasteiger partial charge < -0.3 is 15.6 Å². The fourth-order valence-electron chi connectivity index (χ4n) is 0.947. The molecule has 3 heteroatoms. The van der Waals surface area contributed by atoms with Gasteiger partial charge >= 0.3 is 0 Å². The number of rotatable bonds is 5. The van der Waals surface area contributed by atoms with E-state index in [2.05, 4.69) is 0 Å². The molecule has 1 atom stereocenters. The number of hydrogen-bond acceptors (Lipinski definition) is 3. The van der Waals surface area contributed by atoms with Crippen LogP contribution in [0.3, 0.4) is 0 Å². The topological polar surface area (TPSA) is 55.5 Å². The standard InChI is InChI=1S/C10H15NO2/c11-8-9(12)6-7-13-10-4-2-1-3-5-10/h1-5,9,12H,6-8,11H2. The summed E-state index contributed by atoms with van der Waals surface area (Å²) in [6, 6.07) is 9.52. The van der Waals surface area contributed by atoms with Gasteiger partial charge in [-0.1, -0.05) is 18.2 Å². The Balaban J connectivity index is 2.20. The van der Waals surface area contributed by atoms with Gasteiger partial charge in [-0.25, -0.2) is 0 Å². The van der Waals surface area contributed by atoms with Crippen LogP contribution in [0.4, 0.5) is 0 Å². The normalized spacial score (nSPS) is 12.5. The third kappa shape index (κ3) is 3.92. The second-order valence-corrected chi connectivity index (χ2v) is 2.84. The minimum Gasteiger partial charge on any atom is -0.493 e. The second kappa shape index (κ2) is 5.56. The van der Waals surface area contributed by atoms with E-state index in [0.29, 0.717) is 13.0 Å². The smallest absolute Gasteiger partial charge is 0.119 e. The van der Waals surface area contributed by atoms with Gasteiger partial charge in [-0.3, -0.25) is 0 Å². The van der Waals surface area contributed by atoms with Crippen molar-refractivity contribution in [2.24, 2.45) is 5.73 Å². The van der Waals surface area contributed by atoms with E-state index in [0.717, 1.165) is 5.75 Å². The van der Waals surface area contributed by atoms with Crippen LogP contribution in [0.25, 0.3) is 0 Å². The summed E-state index contributed by atoms with van der Waals surface area (Å²) in [5.41, 5.74) is 5.25. The minimum absolute atomic E-state index is 0.290. The van der Waals surface area contributed by atoms with Gasteiger partial charge in [0.1, 0.15) is 5.75 Å². The molecular formula is C10H15NO2. The van der Waals surface area contributed by atoms with Gasteiger partial charge in [-0.15, -0.1) is 0 Å². The summed E-state index contributed by atoms with van der Waals surface area (Å²) in [7, 11) is 0. The second-order valence-electron chi connectivity index (χ2n) is 2.84. The first-order valence-electron chi connectivity index (χ1n) is 4.39. The molecule has 3 N–H and O–H groups in total. The minimum atomic E-state index is -0.455. The van der Waals surface area contributed by atoms with Crippen molar-refractivity contribution in [2.75, 3.05) is 13.2 Å². The number of ether oxygens (including phenoxy) is 1. The van der Waals surface area contributed by atoms with Crippen molar-refractivity contribution in [3.8, 4) is 5.75 Å². The summed E-state index contributed by atoms with van der Waals surface area (Å²) < 4.78 is 5.36. The first-order chi connectivity index (χ1) is 6.33. The van der Waals surface area contributed by atoms with Crippen LogP contribution < -0.4 is 10.5 Å². The van der Waals surface area contributed by atoms with Crippen molar-refractivity contribution >= 4 is 0 Å². The Labute approximate surface area is 78.1 Å². The van der Waals surface area contributed by atoms with Crippen LogP contribution in [0.15, 0.2) is 30.3 Å². The third-order valence-corrected chi connectivity index (χ3v) is 1.74. The largest absolute Gasteiger partial charge is 0.493 e. The maximum absolute atomic E-state index is 9.13. The Morgan fingerprint density at radius 1 is 1.31 bits per heavy atom. The Morgan fingerprint density at radius 2 is 2.00 bits per heavy atom. The molecule has 0 bridgehead atoms. The van der Waals surface area contributed by atoms with Crippen molar-refractivity contribution in [2.45, 2.75) is 12.5 Å². The molecule has 1 aromatic rings. The Hall–Kier alpha value is -1.06. The summed E-state index contributed by atoms with van der Waals surface area (Å²) in [6.07, 6.45) is 0.120. The number of benzene rings is 1. The lowest BCUT2D eigenvalue weighted by atomic mass is 10.3. The molecule has 0 radical (unpaired) electrons. The van der Waals surface area contributed by atoms with Gasteiger partial charge in [0.2, 0.25) is 0 Å². The lowest BCUT2D eigenvalue weighted by Crippen LogP contribution is -2.21. The van der Waals surface area contributed by atoms with E-state index in [4.69, 9.17) is 15.6 Å². The van der Waals surface area contributed by atoms with E-state index in [1.807, 2.05) is 30.3 Å². The van der Waals surface area contributed by atoms with E-state index >= 15 is 0 Å². The Morgan fingerprint density at radius 3 is 2.62 bits per heavy atom. The molecule has 0 amide bonds. The third-order valence-electron chi connectivity index (χ3n) is 1.74. The van der Waals surface area contributed by atoms with Crippen LogP contribution in [0, 0.1) is 0 Å². The lowest BCUT2D eigenvalue weighted by molar-refractivity contribution is 0.146. The molecule has 0 aliphatic carbocycles. The summed E-state index contributed by atoms with van der Waals surface area (Å²) >= 11 is 0. The fraction of sp³-hybridized carbons (Fsp3) is 0.400. The highest BCUT2D eigenvalue weighted by atomic mass is 16.5. The van der Waals surface area contributed by atoms with Gasteiger partial charge in [0.25, 0.3) is 0 Å². The van der Waals surface area contributed by atoms with Crippen LogP contribution in [0.1, 0.15) is 6.42 Å². The molecule has 1 aromatic carbocycles. The molecule has 0 aliphatic heterocycles. The summed E-state index contributed by atoms with van der Waals surface area (Å²) in [4.78, 5) is 0. The SMILES string of the molecule is NCC(O)CCOc1ccccc1. The summed E-state index contributed by atoms with van der Waals surface area (Å²) in [6.45, 7) is 0.792. The van der Waals surface area contributed by atoms with E-state index in [9.17, 15) is 0 Å². The van der Waals surface area contributed by atoms with Crippen molar-refractivity contribution < 1.29 is 9.84 Å². The molecule has 0 aromatic heterocycles. The van der Waals surface area contributed by atoms with Crippen LogP contribution in [0.2, 0.25) is 0 Å². The first kappa shape index (κ1) is 10.0. The van der Waals surface area contributed by atoms with Gasteiger partial charge in [0.05, 0.1) is 12.7 Å². The summed E-state index contributed by atoms with van der Waals surface area (Å²) in [5.74, 6) is 0.826. The van der Waals surface area contributed by atoms with Gasteiger partial charge in [-0.05, 0) is 12.1 Å². The number of para-hydroxylation sites is 1. The van der Waals surface area contributed by atoms with Gasteiger partial charge in [0.15, 0.2) is 0 Å². The highest BCUT2D eigenvalue weighted by Gasteiger charge is 2.00. The predicted octanol–water partition coefficient (Wildman–Crippen LogP) is 0.775. The zero-order chi connectivity index (χ0) is 9.52. The molecule has 0 saturated carbocycles. The molecule has 1 unspecified atom stereocenters. The maximum Gasteiger partial charge on any atom is 0.119 e. The average Bonchev–Trinajstić information content (AvgIpc) is 2.19. The Bertz CT molecular complexity index is 226. The fourth-order valence-corrected chi connectivity index (χ4v) is 0.947. The highest BCUT2D eigenvalue weighted by molar-refractivity contribution is 5.20. The highest BCUT2D eigenvalue weighted by Crippen LogP contribution is 2.08. The first-order valence-corrected chi connectivity index (χ1v) is 4.39. The van der Waals surface area contributed by atoms with Crippen molar-refractivity contribution in [3.63, 3.8) is 0 Å². The van der Waals surface area contributed by atoms with E-state index < -0.39 is 6.10 Å². The van der Waals surface area contributed by atoms with Crippen molar-refractivity contribution in [3.05, 3.63) is 30.3 Å². The van der Waals surface area contributed by atoms with E-state index in [1.54, 1.807) is 0 Å².